The number of benzene rings is 1. The maximum absolute atomic E-state index is 11.8. The second kappa shape index (κ2) is 4.12. The lowest BCUT2D eigenvalue weighted by Gasteiger charge is -2.15. The highest BCUT2D eigenvalue weighted by Crippen LogP contribution is 2.25. The van der Waals surface area contributed by atoms with Gasteiger partial charge in [0.05, 0.1) is 0 Å². The molecule has 2 aromatic rings. The smallest absolute Gasteiger partial charge is 0.223 e. The Morgan fingerprint density at radius 1 is 1.25 bits per heavy atom. The lowest BCUT2D eigenvalue weighted by atomic mass is 9.91. The fourth-order valence-corrected chi connectivity index (χ4v) is 1.80. The third-order valence-electron chi connectivity index (χ3n) is 3.13. The van der Waals surface area contributed by atoms with Crippen LogP contribution in [0.3, 0.4) is 0 Å². The van der Waals surface area contributed by atoms with Gasteiger partial charge in [-0.2, -0.15) is 4.73 Å². The van der Waals surface area contributed by atoms with Crippen LogP contribution in [0, 0.1) is 11.1 Å². The molecule has 2 nitrogen and oxygen atoms in total. The molecule has 0 saturated heterocycles. The van der Waals surface area contributed by atoms with Gasteiger partial charge < -0.3 is 5.21 Å². The Kier molecular flexibility index (Phi) is 2.82. The largest absolute Gasteiger partial charge is 0.618 e. The molecule has 1 radical (unpaired) electrons. The second-order valence-corrected chi connectivity index (χ2v) is 4.46. The summed E-state index contributed by atoms with van der Waals surface area (Å²) in [6, 6.07) is 9.77. The molecule has 16 heavy (non-hydrogen) atoms. The zero-order chi connectivity index (χ0) is 11.7. The average Bonchev–Trinajstić information content (AvgIpc) is 2.28. The van der Waals surface area contributed by atoms with Gasteiger partial charge in [-0.15, -0.1) is 0 Å². The van der Waals surface area contributed by atoms with Crippen molar-refractivity contribution in [3.8, 4) is 0 Å². The molecule has 1 aromatic carbocycles. The molecule has 1 unspecified atom stereocenters. The van der Waals surface area contributed by atoms with E-state index in [1.807, 2.05) is 24.3 Å². The number of para-hydroxylation sites is 1. The minimum Gasteiger partial charge on any atom is -0.618 e. The fourth-order valence-electron chi connectivity index (χ4n) is 1.80. The molecule has 1 heterocycles. The maximum Gasteiger partial charge on any atom is 0.223 e. The van der Waals surface area contributed by atoms with Gasteiger partial charge >= 0.3 is 0 Å². The molecule has 2 heteroatoms. The van der Waals surface area contributed by atoms with Gasteiger partial charge in [0.1, 0.15) is 0 Å². The van der Waals surface area contributed by atoms with E-state index in [1.165, 1.54) is 5.92 Å². The molecular weight excluding hydrogens is 198 g/mol. The van der Waals surface area contributed by atoms with Gasteiger partial charge in [0.15, 0.2) is 6.20 Å². The summed E-state index contributed by atoms with van der Waals surface area (Å²) in [5, 5.41) is 12.8. The summed E-state index contributed by atoms with van der Waals surface area (Å²) in [5.74, 6) is 1.64. The average molecular weight is 214 g/mol. The van der Waals surface area contributed by atoms with Gasteiger partial charge in [-0.3, -0.25) is 0 Å². The van der Waals surface area contributed by atoms with E-state index in [0.29, 0.717) is 5.92 Å². The van der Waals surface area contributed by atoms with Crippen molar-refractivity contribution in [3.05, 3.63) is 53.2 Å². The van der Waals surface area contributed by atoms with Crippen molar-refractivity contribution in [3.63, 3.8) is 0 Å². The third-order valence-corrected chi connectivity index (χ3v) is 3.13. The van der Waals surface area contributed by atoms with Gasteiger partial charge in [0.2, 0.25) is 5.52 Å². The fraction of sp³-hybridized carbons (Fsp3) is 0.286. The van der Waals surface area contributed by atoms with Crippen molar-refractivity contribution in [2.24, 2.45) is 0 Å². The topological polar surface area (TPSA) is 26.9 Å². The van der Waals surface area contributed by atoms with E-state index in [2.05, 4.69) is 26.8 Å². The molecule has 0 spiro atoms. The molecule has 0 fully saturated rings. The highest BCUT2D eigenvalue weighted by atomic mass is 16.5. The van der Waals surface area contributed by atoms with E-state index in [4.69, 9.17) is 0 Å². The number of rotatable bonds is 2. The maximum atomic E-state index is 11.8. The van der Waals surface area contributed by atoms with Crippen molar-refractivity contribution >= 4 is 10.9 Å². The van der Waals surface area contributed by atoms with Crippen LogP contribution in [0.2, 0.25) is 0 Å². The van der Waals surface area contributed by atoms with Crippen LogP contribution in [-0.2, 0) is 0 Å². The van der Waals surface area contributed by atoms with Crippen molar-refractivity contribution < 1.29 is 4.73 Å². The SMILES string of the molecule is C[C](C)C(C)c1cc2ccccc2[n+]([O-])c1. The lowest BCUT2D eigenvalue weighted by Crippen LogP contribution is -2.27. The van der Waals surface area contributed by atoms with Crippen LogP contribution in [0.4, 0.5) is 0 Å². The number of aromatic nitrogens is 1. The number of fused-ring (bicyclic) bond motifs is 1. The summed E-state index contributed by atoms with van der Waals surface area (Å²) >= 11 is 0. The molecule has 0 aliphatic heterocycles. The summed E-state index contributed by atoms with van der Waals surface area (Å²) in [6.07, 6.45) is 1.68. The van der Waals surface area contributed by atoms with Crippen molar-refractivity contribution in [1.82, 2.24) is 0 Å². The van der Waals surface area contributed by atoms with E-state index in [9.17, 15) is 5.21 Å². The van der Waals surface area contributed by atoms with E-state index in [0.717, 1.165) is 21.2 Å². The lowest BCUT2D eigenvalue weighted by molar-refractivity contribution is -0.577. The summed E-state index contributed by atoms with van der Waals surface area (Å²) in [5.41, 5.74) is 1.81. The van der Waals surface area contributed by atoms with E-state index in [1.54, 1.807) is 6.20 Å². The summed E-state index contributed by atoms with van der Waals surface area (Å²) in [7, 11) is 0. The van der Waals surface area contributed by atoms with Crippen LogP contribution >= 0.6 is 0 Å². The van der Waals surface area contributed by atoms with Crippen LogP contribution in [0.15, 0.2) is 36.5 Å². The van der Waals surface area contributed by atoms with Crippen molar-refractivity contribution in [2.75, 3.05) is 0 Å². The second-order valence-electron chi connectivity index (χ2n) is 4.46. The summed E-state index contributed by atoms with van der Waals surface area (Å²) in [6.45, 7) is 6.31. The normalized spacial score (nSPS) is 13.2. The molecule has 0 bridgehead atoms. The van der Waals surface area contributed by atoms with Crippen molar-refractivity contribution in [2.45, 2.75) is 26.7 Å². The molecule has 0 amide bonds. The minimum absolute atomic E-state index is 0.324. The molecule has 2 rings (SSSR count). The third kappa shape index (κ3) is 1.87. The molecule has 1 atom stereocenters. The van der Waals surface area contributed by atoms with Gasteiger partial charge in [0, 0.05) is 17.0 Å². The standard InChI is InChI=1S/C14H16NO/c1-10(2)11(3)13-8-12-6-4-5-7-14(12)15(16)9-13/h4-9,11H,1-3H3. The van der Waals surface area contributed by atoms with Crippen LogP contribution in [-0.4, -0.2) is 0 Å². The molecule has 0 N–H and O–H groups in total. The molecule has 1 aromatic heterocycles. The van der Waals surface area contributed by atoms with Crippen LogP contribution in [0.5, 0.6) is 0 Å². The Bertz CT molecular complexity index is 505. The zero-order valence-electron chi connectivity index (χ0n) is 9.90. The molecule has 0 aliphatic rings. The number of hydrogen-bond donors (Lipinski definition) is 0. The highest BCUT2D eigenvalue weighted by Gasteiger charge is 2.15. The number of pyridine rings is 1. The van der Waals surface area contributed by atoms with Crippen LogP contribution < -0.4 is 4.73 Å². The quantitative estimate of drug-likeness (QED) is 0.557. The summed E-state index contributed by atoms with van der Waals surface area (Å²) < 4.78 is 0.962. The minimum atomic E-state index is 0.324. The predicted octanol–water partition coefficient (Wildman–Crippen LogP) is 3.19. The summed E-state index contributed by atoms with van der Waals surface area (Å²) in [4.78, 5) is 0. The highest BCUT2D eigenvalue weighted by molar-refractivity contribution is 5.76. The first kappa shape index (κ1) is 10.9. The predicted molar refractivity (Wildman–Crippen MR) is 65.9 cm³/mol. The van der Waals surface area contributed by atoms with E-state index < -0.39 is 0 Å². The van der Waals surface area contributed by atoms with Gasteiger partial charge in [0.25, 0.3) is 0 Å². The van der Waals surface area contributed by atoms with Crippen LogP contribution in [0.25, 0.3) is 10.9 Å². The van der Waals surface area contributed by atoms with E-state index >= 15 is 0 Å². The van der Waals surface area contributed by atoms with E-state index in [-0.39, 0.29) is 0 Å². The Labute approximate surface area is 96.1 Å². The zero-order valence-corrected chi connectivity index (χ0v) is 9.90. The molecule has 0 aliphatic carbocycles. The number of hydrogen-bond acceptors (Lipinski definition) is 1. The Balaban J connectivity index is 2.58. The Hall–Kier alpha value is -1.57. The van der Waals surface area contributed by atoms with Crippen molar-refractivity contribution in [1.29, 1.82) is 0 Å². The van der Waals surface area contributed by atoms with Crippen LogP contribution in [0.1, 0.15) is 32.3 Å². The Morgan fingerprint density at radius 3 is 2.62 bits per heavy atom. The van der Waals surface area contributed by atoms with Gasteiger partial charge in [-0.1, -0.05) is 32.9 Å². The first-order valence-corrected chi connectivity index (χ1v) is 5.51. The monoisotopic (exact) mass is 214 g/mol. The molecular formula is C14H16NO. The Morgan fingerprint density at radius 2 is 1.94 bits per heavy atom. The molecule has 0 saturated carbocycles. The molecule has 83 valence electrons. The number of nitrogens with zero attached hydrogens (tertiary/aromatic N) is 1. The first-order valence-electron chi connectivity index (χ1n) is 5.51. The van der Waals surface area contributed by atoms with Gasteiger partial charge in [-0.25, -0.2) is 0 Å². The first-order chi connectivity index (χ1) is 7.59. The van der Waals surface area contributed by atoms with Gasteiger partial charge in [-0.05, 0) is 24.0 Å².